The lowest BCUT2D eigenvalue weighted by molar-refractivity contribution is -0.143. The summed E-state index contributed by atoms with van der Waals surface area (Å²) in [6, 6.07) is 14.7. The van der Waals surface area contributed by atoms with Gasteiger partial charge in [-0.05, 0) is 55.2 Å². The van der Waals surface area contributed by atoms with Gasteiger partial charge in [-0.3, -0.25) is 9.59 Å². The van der Waals surface area contributed by atoms with Crippen molar-refractivity contribution in [3.63, 3.8) is 0 Å². The van der Waals surface area contributed by atoms with Crippen LogP contribution in [0.3, 0.4) is 0 Å². The lowest BCUT2D eigenvalue weighted by atomic mass is 10.1. The molecule has 0 radical (unpaired) electrons. The van der Waals surface area contributed by atoms with Gasteiger partial charge in [0.2, 0.25) is 5.91 Å². The summed E-state index contributed by atoms with van der Waals surface area (Å²) in [6.07, 6.45) is 1.38. The van der Waals surface area contributed by atoms with Gasteiger partial charge in [0.05, 0.1) is 0 Å². The van der Waals surface area contributed by atoms with Crippen LogP contribution in [0, 0.1) is 6.92 Å². The SMILES string of the molecule is CCCNC(=O)[C@H](CC)N(Cc1ccccc1C)C(=O)COc1ccc(Br)cc1. The Kier molecular flexibility index (Phi) is 9.19. The summed E-state index contributed by atoms with van der Waals surface area (Å²) in [4.78, 5) is 27.4. The maximum Gasteiger partial charge on any atom is 0.261 e. The zero-order chi connectivity index (χ0) is 21.2. The van der Waals surface area contributed by atoms with Crippen molar-refractivity contribution in [1.82, 2.24) is 10.2 Å². The topological polar surface area (TPSA) is 58.6 Å². The smallest absolute Gasteiger partial charge is 0.261 e. The van der Waals surface area contributed by atoms with E-state index in [0.717, 1.165) is 22.0 Å². The monoisotopic (exact) mass is 460 g/mol. The Labute approximate surface area is 181 Å². The summed E-state index contributed by atoms with van der Waals surface area (Å²) in [5.41, 5.74) is 2.11. The summed E-state index contributed by atoms with van der Waals surface area (Å²) >= 11 is 3.38. The predicted molar refractivity (Wildman–Crippen MR) is 119 cm³/mol. The van der Waals surface area contributed by atoms with E-state index in [2.05, 4.69) is 21.2 Å². The number of nitrogens with zero attached hydrogens (tertiary/aromatic N) is 1. The predicted octanol–water partition coefficient (Wildman–Crippen LogP) is 4.47. The standard InChI is InChI=1S/C23H29BrN2O3/c1-4-14-25-23(28)21(5-2)26(15-18-9-7-6-8-17(18)3)22(27)16-29-20-12-10-19(24)11-13-20/h6-13,21H,4-5,14-16H2,1-3H3,(H,25,28)/t21-/m0/s1. The third-order valence-electron chi connectivity index (χ3n) is 4.71. The maximum absolute atomic E-state index is 13.1. The lowest BCUT2D eigenvalue weighted by Crippen LogP contribution is -2.50. The second kappa shape index (κ2) is 11.6. The first-order valence-electron chi connectivity index (χ1n) is 9.96. The molecule has 29 heavy (non-hydrogen) atoms. The Bertz CT molecular complexity index is 808. The minimum Gasteiger partial charge on any atom is -0.484 e. The van der Waals surface area contributed by atoms with Gasteiger partial charge in [-0.15, -0.1) is 0 Å². The van der Waals surface area contributed by atoms with Gasteiger partial charge in [-0.2, -0.15) is 0 Å². The molecule has 2 amide bonds. The molecule has 0 saturated heterocycles. The molecule has 6 heteroatoms. The van der Waals surface area contributed by atoms with Crippen molar-refractivity contribution >= 4 is 27.7 Å². The fraction of sp³-hybridized carbons (Fsp3) is 0.391. The molecule has 0 unspecified atom stereocenters. The van der Waals surface area contributed by atoms with E-state index in [1.165, 1.54) is 0 Å². The number of rotatable bonds is 10. The molecule has 0 fully saturated rings. The molecular weight excluding hydrogens is 432 g/mol. The van der Waals surface area contributed by atoms with Crippen LogP contribution in [0.15, 0.2) is 53.0 Å². The molecule has 0 aliphatic carbocycles. The van der Waals surface area contributed by atoms with Gasteiger partial charge in [0.15, 0.2) is 6.61 Å². The molecule has 0 bridgehead atoms. The molecule has 1 N–H and O–H groups in total. The molecule has 2 aromatic rings. The summed E-state index contributed by atoms with van der Waals surface area (Å²) in [5.74, 6) is 0.274. The van der Waals surface area contributed by atoms with Crippen molar-refractivity contribution in [1.29, 1.82) is 0 Å². The van der Waals surface area contributed by atoms with Crippen molar-refractivity contribution in [3.8, 4) is 5.75 Å². The molecule has 0 aromatic heterocycles. The van der Waals surface area contributed by atoms with Crippen LogP contribution in [0.4, 0.5) is 0 Å². The normalized spacial score (nSPS) is 11.6. The fourth-order valence-corrected chi connectivity index (χ4v) is 3.28. The van der Waals surface area contributed by atoms with E-state index in [0.29, 0.717) is 25.3 Å². The zero-order valence-corrected chi connectivity index (χ0v) is 18.9. The third-order valence-corrected chi connectivity index (χ3v) is 5.24. The number of benzene rings is 2. The highest BCUT2D eigenvalue weighted by Crippen LogP contribution is 2.18. The van der Waals surface area contributed by atoms with Gasteiger partial charge in [-0.25, -0.2) is 0 Å². The largest absolute Gasteiger partial charge is 0.484 e. The van der Waals surface area contributed by atoms with E-state index in [4.69, 9.17) is 4.74 Å². The zero-order valence-electron chi connectivity index (χ0n) is 17.3. The number of nitrogens with one attached hydrogen (secondary N) is 1. The average molecular weight is 461 g/mol. The summed E-state index contributed by atoms with van der Waals surface area (Å²) in [7, 11) is 0. The molecule has 0 heterocycles. The second-order valence-corrected chi connectivity index (χ2v) is 7.82. The van der Waals surface area contributed by atoms with Crippen LogP contribution in [0.25, 0.3) is 0 Å². The second-order valence-electron chi connectivity index (χ2n) is 6.91. The highest BCUT2D eigenvalue weighted by atomic mass is 79.9. The average Bonchev–Trinajstić information content (AvgIpc) is 2.72. The van der Waals surface area contributed by atoms with Crippen LogP contribution in [-0.2, 0) is 16.1 Å². The van der Waals surface area contributed by atoms with Crippen molar-refractivity contribution in [2.24, 2.45) is 0 Å². The van der Waals surface area contributed by atoms with Crippen molar-refractivity contribution < 1.29 is 14.3 Å². The number of carbonyl (C=O) groups excluding carboxylic acids is 2. The van der Waals surface area contributed by atoms with E-state index < -0.39 is 6.04 Å². The molecule has 0 aliphatic heterocycles. The Morgan fingerprint density at radius 1 is 1.10 bits per heavy atom. The fourth-order valence-electron chi connectivity index (χ4n) is 3.02. The molecule has 5 nitrogen and oxygen atoms in total. The van der Waals surface area contributed by atoms with E-state index >= 15 is 0 Å². The maximum atomic E-state index is 13.1. The first-order chi connectivity index (χ1) is 14.0. The van der Waals surface area contributed by atoms with Gasteiger partial charge >= 0.3 is 0 Å². The minimum absolute atomic E-state index is 0.120. The minimum atomic E-state index is -0.540. The molecule has 0 saturated carbocycles. The van der Waals surface area contributed by atoms with Gasteiger partial charge < -0.3 is 15.0 Å². The highest BCUT2D eigenvalue weighted by Gasteiger charge is 2.29. The molecule has 2 aromatic carbocycles. The van der Waals surface area contributed by atoms with Crippen LogP contribution in [0.5, 0.6) is 5.75 Å². The first kappa shape index (κ1) is 22.9. The molecule has 0 aliphatic rings. The molecule has 2 rings (SSSR count). The van der Waals surface area contributed by atoms with E-state index in [9.17, 15) is 9.59 Å². The molecule has 156 valence electrons. The Morgan fingerprint density at radius 3 is 2.41 bits per heavy atom. The van der Waals surface area contributed by atoms with E-state index in [1.807, 2.05) is 57.2 Å². The van der Waals surface area contributed by atoms with Crippen LogP contribution >= 0.6 is 15.9 Å². The van der Waals surface area contributed by atoms with Crippen LogP contribution in [0.2, 0.25) is 0 Å². The Balaban J connectivity index is 2.19. The summed E-state index contributed by atoms with van der Waals surface area (Å²) < 4.78 is 6.62. The van der Waals surface area contributed by atoms with Gasteiger partial charge in [0.25, 0.3) is 5.91 Å². The number of halogens is 1. The number of carbonyl (C=O) groups is 2. The number of amides is 2. The van der Waals surface area contributed by atoms with Crippen molar-refractivity contribution in [2.75, 3.05) is 13.2 Å². The highest BCUT2D eigenvalue weighted by molar-refractivity contribution is 9.10. The van der Waals surface area contributed by atoms with E-state index in [1.54, 1.807) is 17.0 Å². The summed E-state index contributed by atoms with van der Waals surface area (Å²) in [6.45, 7) is 6.78. The Morgan fingerprint density at radius 2 is 1.79 bits per heavy atom. The number of ether oxygens (including phenoxy) is 1. The number of aryl methyl sites for hydroxylation is 1. The van der Waals surface area contributed by atoms with Crippen molar-refractivity contribution in [3.05, 3.63) is 64.1 Å². The van der Waals surface area contributed by atoms with Crippen LogP contribution < -0.4 is 10.1 Å². The van der Waals surface area contributed by atoms with Crippen LogP contribution in [0.1, 0.15) is 37.8 Å². The molecular formula is C23H29BrN2O3. The summed E-state index contributed by atoms with van der Waals surface area (Å²) in [5, 5.41) is 2.92. The lowest BCUT2D eigenvalue weighted by Gasteiger charge is -2.31. The van der Waals surface area contributed by atoms with E-state index in [-0.39, 0.29) is 18.4 Å². The quantitative estimate of drug-likeness (QED) is 0.568. The number of hydrogen-bond acceptors (Lipinski definition) is 3. The number of hydrogen-bond donors (Lipinski definition) is 1. The van der Waals surface area contributed by atoms with Crippen LogP contribution in [-0.4, -0.2) is 35.9 Å². The molecule has 0 spiro atoms. The Hall–Kier alpha value is -2.34. The van der Waals surface area contributed by atoms with Gasteiger partial charge in [0.1, 0.15) is 11.8 Å². The molecule has 1 atom stereocenters. The first-order valence-corrected chi connectivity index (χ1v) is 10.8. The van der Waals surface area contributed by atoms with Crippen molar-refractivity contribution in [2.45, 2.75) is 46.2 Å². The van der Waals surface area contributed by atoms with Gasteiger partial charge in [-0.1, -0.05) is 54.0 Å². The third kappa shape index (κ3) is 6.89. The van der Waals surface area contributed by atoms with Gasteiger partial charge in [0, 0.05) is 17.6 Å².